The van der Waals surface area contributed by atoms with Gasteiger partial charge >= 0.3 is 0 Å². The van der Waals surface area contributed by atoms with Crippen LogP contribution in [0.15, 0.2) is 24.3 Å². The Kier molecular flexibility index (Phi) is 4.97. The molecule has 6 heteroatoms. The number of ether oxygens (including phenoxy) is 1. The highest BCUT2D eigenvalue weighted by molar-refractivity contribution is 6.36. The summed E-state index contributed by atoms with van der Waals surface area (Å²) in [6.07, 6.45) is 0. The van der Waals surface area contributed by atoms with Crippen LogP contribution < -0.4 is 10.1 Å². The Balaban J connectivity index is 2.32. The average Bonchev–Trinajstić information content (AvgIpc) is 2.39. The van der Waals surface area contributed by atoms with Crippen molar-refractivity contribution in [3.05, 3.63) is 44.9 Å². The summed E-state index contributed by atoms with van der Waals surface area (Å²) in [5.74, 6) is 1.46. The van der Waals surface area contributed by atoms with Crippen LogP contribution in [0, 0.1) is 6.92 Å². The van der Waals surface area contributed by atoms with Gasteiger partial charge in [-0.2, -0.15) is 4.98 Å². The zero-order valence-electron chi connectivity index (χ0n) is 11.0. The van der Waals surface area contributed by atoms with Crippen LogP contribution in [0.4, 0.5) is 5.82 Å². The summed E-state index contributed by atoms with van der Waals surface area (Å²) >= 11 is 18.1. The first-order chi connectivity index (χ1) is 9.51. The molecular formula is C14H13Cl3N2O. The molecule has 2 aromatic rings. The van der Waals surface area contributed by atoms with Gasteiger partial charge in [0.05, 0.1) is 5.02 Å². The molecule has 1 heterocycles. The second-order valence-electron chi connectivity index (χ2n) is 4.15. The monoisotopic (exact) mass is 330 g/mol. The molecule has 1 aromatic carbocycles. The Morgan fingerprint density at radius 1 is 1.10 bits per heavy atom. The van der Waals surface area contributed by atoms with Gasteiger partial charge in [-0.25, -0.2) is 0 Å². The van der Waals surface area contributed by atoms with Crippen LogP contribution in [0.25, 0.3) is 0 Å². The van der Waals surface area contributed by atoms with Crippen molar-refractivity contribution in [2.24, 2.45) is 0 Å². The van der Waals surface area contributed by atoms with E-state index in [4.69, 9.17) is 39.5 Å². The molecule has 0 saturated carbocycles. The number of aromatic nitrogens is 1. The van der Waals surface area contributed by atoms with Gasteiger partial charge in [0.2, 0.25) is 5.88 Å². The number of halogens is 3. The number of aryl methyl sites for hydroxylation is 1. The fourth-order valence-corrected chi connectivity index (χ4v) is 2.19. The molecule has 0 aliphatic rings. The molecule has 0 amide bonds. The van der Waals surface area contributed by atoms with Crippen molar-refractivity contribution >= 4 is 40.6 Å². The molecule has 0 saturated heterocycles. The first-order valence-corrected chi connectivity index (χ1v) is 7.18. The summed E-state index contributed by atoms with van der Waals surface area (Å²) in [6.45, 7) is 4.56. The maximum Gasteiger partial charge on any atom is 0.240 e. The number of hydrogen-bond acceptors (Lipinski definition) is 3. The minimum atomic E-state index is 0.300. The third kappa shape index (κ3) is 3.48. The first-order valence-electron chi connectivity index (χ1n) is 6.05. The van der Waals surface area contributed by atoms with Gasteiger partial charge in [-0.3, -0.25) is 0 Å². The van der Waals surface area contributed by atoms with E-state index in [2.05, 4.69) is 10.3 Å². The van der Waals surface area contributed by atoms with Crippen molar-refractivity contribution in [3.8, 4) is 11.6 Å². The zero-order valence-corrected chi connectivity index (χ0v) is 13.3. The summed E-state index contributed by atoms with van der Waals surface area (Å²) in [7, 11) is 0. The lowest BCUT2D eigenvalue weighted by molar-refractivity contribution is 0.463. The molecule has 0 aliphatic carbocycles. The molecule has 0 fully saturated rings. The van der Waals surface area contributed by atoms with Crippen LogP contribution in [-0.4, -0.2) is 11.5 Å². The molecule has 0 spiro atoms. The van der Waals surface area contributed by atoms with E-state index in [0.29, 0.717) is 39.1 Å². The molecule has 1 N–H and O–H groups in total. The molecule has 20 heavy (non-hydrogen) atoms. The summed E-state index contributed by atoms with van der Waals surface area (Å²) in [5.41, 5.74) is 0.918. The highest BCUT2D eigenvalue weighted by atomic mass is 35.5. The molecule has 0 unspecified atom stereocenters. The normalized spacial score (nSPS) is 10.4. The fraction of sp³-hybridized carbons (Fsp3) is 0.214. The van der Waals surface area contributed by atoms with Gasteiger partial charge in [-0.05, 0) is 43.7 Å². The minimum Gasteiger partial charge on any atom is -0.437 e. The van der Waals surface area contributed by atoms with Gasteiger partial charge in [0.1, 0.15) is 16.6 Å². The maximum atomic E-state index is 6.10. The third-order valence-electron chi connectivity index (χ3n) is 2.59. The van der Waals surface area contributed by atoms with Crippen LogP contribution in [0.5, 0.6) is 11.6 Å². The van der Waals surface area contributed by atoms with Gasteiger partial charge in [-0.1, -0.05) is 34.8 Å². The topological polar surface area (TPSA) is 34.2 Å². The molecule has 106 valence electrons. The Hall–Kier alpha value is -1.16. The van der Waals surface area contributed by atoms with E-state index in [1.807, 2.05) is 19.9 Å². The van der Waals surface area contributed by atoms with Crippen LogP contribution in [0.3, 0.4) is 0 Å². The Bertz CT molecular complexity index is 632. The molecule has 0 atom stereocenters. The molecule has 0 bridgehead atoms. The number of anilines is 1. The number of nitrogens with one attached hydrogen (secondary N) is 1. The third-order valence-corrected chi connectivity index (χ3v) is 3.57. The molecule has 1 aromatic heterocycles. The minimum absolute atomic E-state index is 0.300. The van der Waals surface area contributed by atoms with Crippen LogP contribution in [0.2, 0.25) is 15.1 Å². The molecule has 3 nitrogen and oxygen atoms in total. The van der Waals surface area contributed by atoms with Gasteiger partial charge in [0.15, 0.2) is 0 Å². The number of pyridine rings is 1. The number of benzene rings is 1. The van der Waals surface area contributed by atoms with Crippen molar-refractivity contribution in [2.45, 2.75) is 13.8 Å². The summed E-state index contributed by atoms with van der Waals surface area (Å²) in [5, 5.41) is 4.53. The van der Waals surface area contributed by atoms with E-state index >= 15 is 0 Å². The van der Waals surface area contributed by atoms with Crippen molar-refractivity contribution in [1.29, 1.82) is 0 Å². The average molecular weight is 332 g/mol. The lowest BCUT2D eigenvalue weighted by Crippen LogP contribution is -2.01. The van der Waals surface area contributed by atoms with E-state index in [0.717, 1.165) is 5.56 Å². The summed E-state index contributed by atoms with van der Waals surface area (Å²) in [6, 6.07) is 6.95. The largest absolute Gasteiger partial charge is 0.437 e. The Morgan fingerprint density at radius 3 is 2.50 bits per heavy atom. The van der Waals surface area contributed by atoms with E-state index in [9.17, 15) is 0 Å². The predicted molar refractivity (Wildman–Crippen MR) is 84.7 cm³/mol. The van der Waals surface area contributed by atoms with Crippen molar-refractivity contribution < 1.29 is 4.74 Å². The van der Waals surface area contributed by atoms with Gasteiger partial charge in [0, 0.05) is 11.6 Å². The second kappa shape index (κ2) is 6.53. The zero-order chi connectivity index (χ0) is 14.7. The molecule has 0 radical (unpaired) electrons. The molecule has 0 aliphatic heterocycles. The molecule has 2 rings (SSSR count). The smallest absolute Gasteiger partial charge is 0.240 e. The highest BCUT2D eigenvalue weighted by Crippen LogP contribution is 2.34. The lowest BCUT2D eigenvalue weighted by Gasteiger charge is -2.11. The predicted octanol–water partition coefficient (Wildman–Crippen LogP) is 5.57. The van der Waals surface area contributed by atoms with Crippen molar-refractivity contribution in [2.75, 3.05) is 11.9 Å². The van der Waals surface area contributed by atoms with Crippen molar-refractivity contribution in [3.63, 3.8) is 0 Å². The Morgan fingerprint density at radius 2 is 1.85 bits per heavy atom. The van der Waals surface area contributed by atoms with Crippen molar-refractivity contribution in [1.82, 2.24) is 4.98 Å². The van der Waals surface area contributed by atoms with Gasteiger partial charge < -0.3 is 10.1 Å². The first kappa shape index (κ1) is 15.2. The number of hydrogen-bond donors (Lipinski definition) is 1. The lowest BCUT2D eigenvalue weighted by atomic mass is 10.2. The van der Waals surface area contributed by atoms with Crippen LogP contribution in [0.1, 0.15) is 12.5 Å². The SMILES string of the molecule is CCNc1nc(Oc2ccc(Cl)c(C)c2)c(Cl)cc1Cl. The summed E-state index contributed by atoms with van der Waals surface area (Å²) in [4.78, 5) is 4.28. The standard InChI is InChI=1S/C14H13Cl3N2O/c1-3-18-13-11(16)7-12(17)14(19-13)20-9-4-5-10(15)8(2)6-9/h4-7H,3H2,1-2H3,(H,18,19). The van der Waals surface area contributed by atoms with Crippen LogP contribution in [-0.2, 0) is 0 Å². The second-order valence-corrected chi connectivity index (χ2v) is 5.37. The number of rotatable bonds is 4. The summed E-state index contributed by atoms with van der Waals surface area (Å²) < 4.78 is 5.69. The highest BCUT2D eigenvalue weighted by Gasteiger charge is 2.11. The van der Waals surface area contributed by atoms with E-state index < -0.39 is 0 Å². The molecular weight excluding hydrogens is 319 g/mol. The van der Waals surface area contributed by atoms with Gasteiger partial charge in [-0.15, -0.1) is 0 Å². The Labute approximate surface area is 132 Å². The van der Waals surface area contributed by atoms with E-state index in [-0.39, 0.29) is 0 Å². The maximum absolute atomic E-state index is 6.10. The number of nitrogens with zero attached hydrogens (tertiary/aromatic N) is 1. The van der Waals surface area contributed by atoms with E-state index in [1.54, 1.807) is 18.2 Å². The quantitative estimate of drug-likeness (QED) is 0.794. The van der Waals surface area contributed by atoms with E-state index in [1.165, 1.54) is 0 Å². The fourth-order valence-electron chi connectivity index (χ4n) is 1.60. The van der Waals surface area contributed by atoms with Gasteiger partial charge in [0.25, 0.3) is 0 Å². The van der Waals surface area contributed by atoms with Crippen LogP contribution >= 0.6 is 34.8 Å².